The molecule has 35 heavy (non-hydrogen) atoms. The molecule has 1 saturated heterocycles. The highest BCUT2D eigenvalue weighted by Gasteiger charge is 2.42. The molecule has 0 aliphatic carbocycles. The summed E-state index contributed by atoms with van der Waals surface area (Å²) in [6.45, 7) is 8.60. The van der Waals surface area contributed by atoms with Gasteiger partial charge in [-0.1, -0.05) is 6.07 Å². The number of hydrogen-bond acceptors (Lipinski definition) is 5. The zero-order chi connectivity index (χ0) is 25.5. The minimum Gasteiger partial charge on any atom is -0.494 e. The van der Waals surface area contributed by atoms with Gasteiger partial charge in [-0.05, 0) is 75.8 Å². The van der Waals surface area contributed by atoms with Crippen LogP contribution in [0.3, 0.4) is 0 Å². The summed E-state index contributed by atoms with van der Waals surface area (Å²) in [6.07, 6.45) is 2.89. The molecule has 4 rings (SSSR count). The number of methoxy groups -OCH3 is 1. The van der Waals surface area contributed by atoms with E-state index >= 15 is 0 Å². The van der Waals surface area contributed by atoms with E-state index in [0.717, 1.165) is 23.2 Å². The summed E-state index contributed by atoms with van der Waals surface area (Å²) < 4.78 is 34.0. The lowest BCUT2D eigenvalue weighted by Gasteiger charge is -2.29. The number of ether oxygens (including phenoxy) is 1. The van der Waals surface area contributed by atoms with Crippen molar-refractivity contribution < 1.29 is 13.2 Å². The van der Waals surface area contributed by atoms with Gasteiger partial charge < -0.3 is 19.5 Å². The summed E-state index contributed by atoms with van der Waals surface area (Å²) in [5.41, 5.74) is 5.54. The van der Waals surface area contributed by atoms with Gasteiger partial charge in [-0.25, -0.2) is 8.42 Å². The molecule has 1 aromatic carbocycles. The predicted molar refractivity (Wildman–Crippen MR) is 144 cm³/mol. The number of hydrogen-bond donors (Lipinski definition) is 2. The monoisotopic (exact) mass is 513 g/mol. The van der Waals surface area contributed by atoms with Crippen LogP contribution in [0.5, 0.6) is 5.75 Å². The smallest absolute Gasteiger partial charge is 0.229 e. The third-order valence-corrected chi connectivity index (χ3v) is 7.12. The predicted octanol–water partition coefficient (Wildman–Crippen LogP) is 4.64. The lowest BCUT2D eigenvalue weighted by Crippen LogP contribution is -2.29. The first kappa shape index (κ1) is 25.0. The summed E-state index contributed by atoms with van der Waals surface area (Å²) in [5.74, 6) is 0.406. The standard InChI is InChI=1S/C25H31N5O3S2/c1-15(2)29-16(3)13-19(17(29)4)24-23(21-9-7-8-12-26-21)27-25(34)30(24)18-10-11-20(22(14-18)33-5)28-35(6,31)32/h7-15,23-24,28H,1-6H3,(H,27,34)/t23-,24+/m0/s1. The molecular weight excluding hydrogens is 482 g/mol. The average Bonchev–Trinajstić information content (AvgIpc) is 3.28. The van der Waals surface area contributed by atoms with Gasteiger partial charge in [0.25, 0.3) is 0 Å². The lowest BCUT2D eigenvalue weighted by atomic mass is 9.96. The summed E-state index contributed by atoms with van der Waals surface area (Å²) in [7, 11) is -1.95. The molecule has 10 heteroatoms. The highest BCUT2D eigenvalue weighted by molar-refractivity contribution is 7.92. The third kappa shape index (κ3) is 4.85. The molecule has 1 aliphatic rings. The largest absolute Gasteiger partial charge is 0.494 e. The normalized spacial score (nSPS) is 18.1. The van der Waals surface area contributed by atoms with Crippen LogP contribution in [0.2, 0.25) is 0 Å². The van der Waals surface area contributed by atoms with Crippen molar-refractivity contribution in [3.8, 4) is 5.75 Å². The number of benzene rings is 1. The molecule has 2 N–H and O–H groups in total. The zero-order valence-corrected chi connectivity index (χ0v) is 22.4. The van der Waals surface area contributed by atoms with Crippen molar-refractivity contribution in [1.29, 1.82) is 0 Å². The number of nitrogens with one attached hydrogen (secondary N) is 2. The van der Waals surface area contributed by atoms with E-state index in [1.165, 1.54) is 18.5 Å². The van der Waals surface area contributed by atoms with Gasteiger partial charge in [0.15, 0.2) is 5.11 Å². The number of anilines is 2. The highest BCUT2D eigenvalue weighted by atomic mass is 32.2. The minimum atomic E-state index is -3.46. The first-order chi connectivity index (χ1) is 16.5. The van der Waals surface area contributed by atoms with E-state index in [0.29, 0.717) is 22.6 Å². The molecule has 2 aromatic heterocycles. The van der Waals surface area contributed by atoms with E-state index in [9.17, 15) is 8.42 Å². The van der Waals surface area contributed by atoms with Crippen LogP contribution in [0.1, 0.15) is 54.6 Å². The highest BCUT2D eigenvalue weighted by Crippen LogP contribution is 2.45. The number of sulfonamides is 1. The second kappa shape index (κ2) is 9.50. The van der Waals surface area contributed by atoms with Crippen molar-refractivity contribution in [2.75, 3.05) is 23.0 Å². The number of aromatic nitrogens is 2. The van der Waals surface area contributed by atoms with Crippen molar-refractivity contribution in [2.45, 2.75) is 45.8 Å². The Morgan fingerprint density at radius 2 is 1.91 bits per heavy atom. The number of rotatable bonds is 7. The van der Waals surface area contributed by atoms with Crippen LogP contribution in [0.4, 0.5) is 11.4 Å². The topological polar surface area (TPSA) is 88.5 Å². The fraction of sp³-hybridized carbons (Fsp3) is 0.360. The van der Waals surface area contributed by atoms with Gasteiger partial charge >= 0.3 is 0 Å². The van der Waals surface area contributed by atoms with E-state index in [4.69, 9.17) is 17.0 Å². The first-order valence-corrected chi connectivity index (χ1v) is 13.7. The van der Waals surface area contributed by atoms with E-state index in [1.807, 2.05) is 24.3 Å². The van der Waals surface area contributed by atoms with Crippen LogP contribution in [0.15, 0.2) is 48.7 Å². The molecule has 2 atom stereocenters. The Kier molecular flexibility index (Phi) is 6.79. The first-order valence-electron chi connectivity index (χ1n) is 11.4. The summed E-state index contributed by atoms with van der Waals surface area (Å²) >= 11 is 5.84. The van der Waals surface area contributed by atoms with E-state index in [-0.39, 0.29) is 12.1 Å². The van der Waals surface area contributed by atoms with Gasteiger partial charge in [0.1, 0.15) is 5.75 Å². The number of pyridine rings is 1. The maximum absolute atomic E-state index is 11.8. The third-order valence-electron chi connectivity index (χ3n) is 6.22. The van der Waals surface area contributed by atoms with Gasteiger partial charge in [0, 0.05) is 35.4 Å². The average molecular weight is 514 g/mol. The molecule has 1 aliphatic heterocycles. The van der Waals surface area contributed by atoms with Gasteiger partial charge in [0.2, 0.25) is 10.0 Å². The van der Waals surface area contributed by atoms with E-state index in [1.54, 1.807) is 18.3 Å². The Balaban J connectivity index is 1.87. The van der Waals surface area contributed by atoms with Gasteiger partial charge in [-0.3, -0.25) is 9.71 Å². The fourth-order valence-corrected chi connectivity index (χ4v) is 5.87. The summed E-state index contributed by atoms with van der Waals surface area (Å²) in [4.78, 5) is 6.69. The quantitative estimate of drug-likeness (QED) is 0.445. The van der Waals surface area contributed by atoms with Crippen LogP contribution in [0.25, 0.3) is 0 Å². The maximum atomic E-state index is 11.8. The van der Waals surface area contributed by atoms with Crippen molar-refractivity contribution in [1.82, 2.24) is 14.9 Å². The Labute approximate surface area is 212 Å². The van der Waals surface area contributed by atoms with Gasteiger partial charge in [0.05, 0.1) is 36.8 Å². The number of nitrogens with zero attached hydrogens (tertiary/aromatic N) is 3. The van der Waals surface area contributed by atoms with E-state index in [2.05, 4.69) is 58.3 Å². The van der Waals surface area contributed by atoms with Crippen molar-refractivity contribution >= 4 is 38.7 Å². The SMILES string of the molecule is COc1cc(N2C(=S)N[C@@H](c3ccccn3)[C@H]2c2cc(C)n(C(C)C)c2C)ccc1NS(C)(=O)=O. The van der Waals surface area contributed by atoms with Crippen molar-refractivity contribution in [3.63, 3.8) is 0 Å². The minimum absolute atomic E-state index is 0.172. The number of thiocarbonyl (C=S) groups is 1. The Morgan fingerprint density at radius 3 is 2.49 bits per heavy atom. The van der Waals surface area contributed by atoms with Crippen LogP contribution in [-0.2, 0) is 10.0 Å². The molecule has 3 aromatic rings. The van der Waals surface area contributed by atoms with Gasteiger partial charge in [-0.15, -0.1) is 0 Å². The lowest BCUT2D eigenvalue weighted by molar-refractivity contribution is 0.417. The molecular formula is C25H31N5O3S2. The molecule has 8 nitrogen and oxygen atoms in total. The zero-order valence-electron chi connectivity index (χ0n) is 20.7. The van der Waals surface area contributed by atoms with Crippen molar-refractivity contribution in [2.24, 2.45) is 0 Å². The van der Waals surface area contributed by atoms with Crippen LogP contribution < -0.4 is 19.7 Å². The molecule has 3 heterocycles. The molecule has 0 spiro atoms. The Morgan fingerprint density at radius 1 is 1.17 bits per heavy atom. The second-order valence-electron chi connectivity index (χ2n) is 9.05. The molecule has 1 fully saturated rings. The van der Waals surface area contributed by atoms with Crippen LogP contribution in [-0.4, -0.2) is 36.4 Å². The molecule has 0 bridgehead atoms. The molecule has 0 amide bonds. The maximum Gasteiger partial charge on any atom is 0.229 e. The summed E-state index contributed by atoms with van der Waals surface area (Å²) in [6, 6.07) is 13.4. The molecule has 0 unspecified atom stereocenters. The van der Waals surface area contributed by atoms with Crippen molar-refractivity contribution in [3.05, 3.63) is 71.3 Å². The van der Waals surface area contributed by atoms with Crippen LogP contribution in [0, 0.1) is 13.8 Å². The Hall–Kier alpha value is -3.11. The number of aryl methyl sites for hydroxylation is 1. The van der Waals surface area contributed by atoms with E-state index < -0.39 is 10.0 Å². The molecule has 186 valence electrons. The fourth-order valence-electron chi connectivity index (χ4n) is 4.96. The Bertz CT molecular complexity index is 1350. The molecule has 0 saturated carbocycles. The second-order valence-corrected chi connectivity index (χ2v) is 11.2. The van der Waals surface area contributed by atoms with Crippen LogP contribution >= 0.6 is 12.2 Å². The molecule has 0 radical (unpaired) electrons. The van der Waals surface area contributed by atoms with Gasteiger partial charge in [-0.2, -0.15) is 0 Å². The summed E-state index contributed by atoms with van der Waals surface area (Å²) in [5, 5.41) is 4.04.